The van der Waals surface area contributed by atoms with E-state index in [1.165, 1.54) is 0 Å². The summed E-state index contributed by atoms with van der Waals surface area (Å²) in [4.78, 5) is 4.75. The molecule has 6 heteroatoms. The highest BCUT2D eigenvalue weighted by molar-refractivity contribution is 7.92. The maximum atomic E-state index is 12.6. The molecule has 0 spiro atoms. The zero-order chi connectivity index (χ0) is 17.4. The van der Waals surface area contributed by atoms with Crippen LogP contribution in [-0.2, 0) is 14.8 Å². The average Bonchev–Trinajstić information content (AvgIpc) is 2.88. The molecule has 0 bridgehead atoms. The van der Waals surface area contributed by atoms with Crippen LogP contribution in [-0.4, -0.2) is 26.5 Å². The lowest BCUT2D eigenvalue weighted by Crippen LogP contribution is -2.17. The summed E-state index contributed by atoms with van der Waals surface area (Å²) in [5.74, 6) is 0.460. The Kier molecular flexibility index (Phi) is 4.09. The van der Waals surface area contributed by atoms with Gasteiger partial charge in [-0.25, -0.2) is 13.4 Å². The Morgan fingerprint density at radius 2 is 1.75 bits per heavy atom. The number of aliphatic imine (C=N–C) groups is 1. The first-order chi connectivity index (χ1) is 11.3. The van der Waals surface area contributed by atoms with Crippen LogP contribution in [0.1, 0.15) is 25.0 Å². The molecule has 0 atom stereocenters. The fourth-order valence-electron chi connectivity index (χ4n) is 2.40. The first kappa shape index (κ1) is 16.5. The summed E-state index contributed by atoms with van der Waals surface area (Å²) < 4.78 is 33.5. The SMILES string of the molecule is Cc1ccc(S(=O)(=O)Nc2ccccc2C2=NC(C)(C)CO2)cc1. The first-order valence-electron chi connectivity index (χ1n) is 7.68. The summed E-state index contributed by atoms with van der Waals surface area (Å²) in [5, 5.41) is 0. The number of benzene rings is 2. The molecule has 3 rings (SSSR count). The van der Waals surface area contributed by atoms with Gasteiger partial charge in [0.1, 0.15) is 6.61 Å². The number of sulfonamides is 1. The second-order valence-corrected chi connectivity index (χ2v) is 8.16. The molecule has 1 heterocycles. The predicted molar refractivity (Wildman–Crippen MR) is 95.0 cm³/mol. The minimum atomic E-state index is -3.67. The van der Waals surface area contributed by atoms with Crippen LogP contribution in [0, 0.1) is 6.92 Å². The Morgan fingerprint density at radius 1 is 1.08 bits per heavy atom. The summed E-state index contributed by atoms with van der Waals surface area (Å²) in [7, 11) is -3.67. The Balaban J connectivity index is 1.95. The van der Waals surface area contributed by atoms with Crippen molar-refractivity contribution in [1.29, 1.82) is 0 Å². The van der Waals surface area contributed by atoms with Crippen LogP contribution in [0.5, 0.6) is 0 Å². The van der Waals surface area contributed by atoms with E-state index in [-0.39, 0.29) is 10.4 Å². The zero-order valence-electron chi connectivity index (χ0n) is 13.9. The normalized spacial score (nSPS) is 16.4. The number of ether oxygens (including phenoxy) is 1. The largest absolute Gasteiger partial charge is 0.475 e. The van der Waals surface area contributed by atoms with Gasteiger partial charge in [-0.3, -0.25) is 4.72 Å². The summed E-state index contributed by atoms with van der Waals surface area (Å²) >= 11 is 0. The number of hydrogen-bond donors (Lipinski definition) is 1. The quantitative estimate of drug-likeness (QED) is 0.925. The van der Waals surface area contributed by atoms with Gasteiger partial charge in [0.25, 0.3) is 10.0 Å². The predicted octanol–water partition coefficient (Wildman–Crippen LogP) is 3.35. The molecule has 0 saturated carbocycles. The van der Waals surface area contributed by atoms with E-state index >= 15 is 0 Å². The average molecular weight is 344 g/mol. The van der Waals surface area contributed by atoms with Crippen molar-refractivity contribution in [2.24, 2.45) is 4.99 Å². The Hall–Kier alpha value is -2.34. The highest BCUT2D eigenvalue weighted by Gasteiger charge is 2.28. The van der Waals surface area contributed by atoms with Crippen LogP contribution in [0.4, 0.5) is 5.69 Å². The van der Waals surface area contributed by atoms with Crippen LogP contribution < -0.4 is 4.72 Å². The van der Waals surface area contributed by atoms with Gasteiger partial charge < -0.3 is 4.74 Å². The fourth-order valence-corrected chi connectivity index (χ4v) is 3.48. The summed E-state index contributed by atoms with van der Waals surface area (Å²) in [6.07, 6.45) is 0. The number of anilines is 1. The highest BCUT2D eigenvalue weighted by atomic mass is 32.2. The van der Waals surface area contributed by atoms with Gasteiger partial charge in [0.2, 0.25) is 5.90 Å². The smallest absolute Gasteiger partial charge is 0.261 e. The van der Waals surface area contributed by atoms with Crippen molar-refractivity contribution in [2.45, 2.75) is 31.2 Å². The van der Waals surface area contributed by atoms with Gasteiger partial charge in [-0.1, -0.05) is 29.8 Å². The van der Waals surface area contributed by atoms with Crippen LogP contribution in [0.3, 0.4) is 0 Å². The third kappa shape index (κ3) is 3.43. The number of nitrogens with one attached hydrogen (secondary N) is 1. The van der Waals surface area contributed by atoms with E-state index in [0.717, 1.165) is 5.56 Å². The van der Waals surface area contributed by atoms with Crippen LogP contribution in [0.25, 0.3) is 0 Å². The Bertz CT molecular complexity index is 885. The molecule has 126 valence electrons. The monoisotopic (exact) mass is 344 g/mol. The third-order valence-electron chi connectivity index (χ3n) is 3.70. The van der Waals surface area contributed by atoms with E-state index in [1.807, 2.05) is 26.8 Å². The lowest BCUT2D eigenvalue weighted by Gasteiger charge is -2.12. The minimum absolute atomic E-state index is 0.220. The van der Waals surface area contributed by atoms with Gasteiger partial charge in [-0.2, -0.15) is 0 Å². The van der Waals surface area contributed by atoms with E-state index < -0.39 is 10.0 Å². The van der Waals surface area contributed by atoms with Crippen LogP contribution in [0.2, 0.25) is 0 Å². The highest BCUT2D eigenvalue weighted by Crippen LogP contribution is 2.26. The second kappa shape index (κ2) is 5.94. The van der Waals surface area contributed by atoms with Crippen molar-refractivity contribution >= 4 is 21.6 Å². The van der Waals surface area contributed by atoms with Crippen molar-refractivity contribution in [2.75, 3.05) is 11.3 Å². The molecule has 1 aliphatic heterocycles. The molecule has 5 nitrogen and oxygen atoms in total. The van der Waals surface area contributed by atoms with E-state index in [1.54, 1.807) is 42.5 Å². The van der Waals surface area contributed by atoms with E-state index in [0.29, 0.717) is 23.8 Å². The maximum Gasteiger partial charge on any atom is 0.261 e. The number of aryl methyl sites for hydroxylation is 1. The molecule has 0 fully saturated rings. The Labute approximate surface area is 142 Å². The van der Waals surface area contributed by atoms with E-state index in [2.05, 4.69) is 9.71 Å². The molecule has 1 N–H and O–H groups in total. The summed E-state index contributed by atoms with van der Waals surface area (Å²) in [6, 6.07) is 13.8. The van der Waals surface area contributed by atoms with Gasteiger partial charge in [0.05, 0.1) is 21.7 Å². The molecule has 1 aliphatic rings. The van der Waals surface area contributed by atoms with Crippen LogP contribution in [0.15, 0.2) is 58.4 Å². The van der Waals surface area contributed by atoms with Gasteiger partial charge in [0, 0.05) is 0 Å². The van der Waals surface area contributed by atoms with Gasteiger partial charge in [0.15, 0.2) is 0 Å². The lowest BCUT2D eigenvalue weighted by atomic mass is 10.1. The fraction of sp³-hybridized carbons (Fsp3) is 0.278. The summed E-state index contributed by atoms with van der Waals surface area (Å²) in [6.45, 7) is 6.33. The molecule has 24 heavy (non-hydrogen) atoms. The molecular weight excluding hydrogens is 324 g/mol. The molecule has 0 aliphatic carbocycles. The topological polar surface area (TPSA) is 67.8 Å². The number of rotatable bonds is 4. The maximum absolute atomic E-state index is 12.6. The van der Waals surface area contributed by atoms with Crippen molar-refractivity contribution in [3.63, 3.8) is 0 Å². The van der Waals surface area contributed by atoms with Crippen molar-refractivity contribution in [1.82, 2.24) is 0 Å². The summed E-state index contributed by atoms with van der Waals surface area (Å²) in [5.41, 5.74) is 1.79. The van der Waals surface area contributed by atoms with Gasteiger partial charge in [-0.15, -0.1) is 0 Å². The second-order valence-electron chi connectivity index (χ2n) is 6.48. The third-order valence-corrected chi connectivity index (χ3v) is 5.08. The number of para-hydroxylation sites is 1. The minimum Gasteiger partial charge on any atom is -0.475 e. The number of nitrogens with zero attached hydrogens (tertiary/aromatic N) is 1. The molecule has 0 amide bonds. The molecule has 0 saturated heterocycles. The molecule has 2 aromatic rings. The van der Waals surface area contributed by atoms with E-state index in [4.69, 9.17) is 4.74 Å². The lowest BCUT2D eigenvalue weighted by molar-refractivity contribution is 0.279. The molecular formula is C18H20N2O3S. The molecule has 0 aromatic heterocycles. The molecule has 0 radical (unpaired) electrons. The van der Waals surface area contributed by atoms with Crippen molar-refractivity contribution in [3.05, 3.63) is 59.7 Å². The van der Waals surface area contributed by atoms with Gasteiger partial charge >= 0.3 is 0 Å². The van der Waals surface area contributed by atoms with Crippen LogP contribution >= 0.6 is 0 Å². The van der Waals surface area contributed by atoms with Gasteiger partial charge in [-0.05, 0) is 45.0 Å². The molecule has 0 unspecified atom stereocenters. The molecule has 2 aromatic carbocycles. The van der Waals surface area contributed by atoms with Crippen molar-refractivity contribution < 1.29 is 13.2 Å². The zero-order valence-corrected chi connectivity index (χ0v) is 14.7. The first-order valence-corrected chi connectivity index (χ1v) is 9.17. The Morgan fingerprint density at radius 3 is 2.38 bits per heavy atom. The van der Waals surface area contributed by atoms with E-state index in [9.17, 15) is 8.42 Å². The standard InChI is InChI=1S/C18H20N2O3S/c1-13-8-10-14(11-9-13)24(21,22)20-16-7-5-4-6-15(16)17-19-18(2,3)12-23-17/h4-11,20H,12H2,1-3H3. The van der Waals surface area contributed by atoms with Crippen molar-refractivity contribution in [3.8, 4) is 0 Å². The number of hydrogen-bond acceptors (Lipinski definition) is 4.